The van der Waals surface area contributed by atoms with E-state index in [1.54, 1.807) is 24.3 Å². The van der Waals surface area contributed by atoms with E-state index in [1.165, 1.54) is 0 Å². The summed E-state index contributed by atoms with van der Waals surface area (Å²) in [4.78, 5) is 10.7. The zero-order chi connectivity index (χ0) is 12.3. The Hall–Kier alpha value is -1.75. The molecule has 0 aromatic heterocycles. The van der Waals surface area contributed by atoms with Crippen molar-refractivity contribution in [1.82, 2.24) is 5.32 Å². The molecule has 17 heavy (non-hydrogen) atoms. The molecule has 0 aliphatic carbocycles. The molecule has 3 N–H and O–H groups in total. The van der Waals surface area contributed by atoms with Gasteiger partial charge in [-0.15, -0.1) is 0 Å². The van der Waals surface area contributed by atoms with Crippen molar-refractivity contribution < 1.29 is 19.7 Å². The van der Waals surface area contributed by atoms with Crippen LogP contribution in [0.4, 0.5) is 0 Å². The number of carboxylic acids is 1. The Labute approximate surface area is 99.0 Å². The Morgan fingerprint density at radius 2 is 2.24 bits per heavy atom. The van der Waals surface area contributed by atoms with E-state index >= 15 is 0 Å². The SMILES string of the molecule is O=C(O)C1CCC(Oc2cccc(O)c2)CN1. The Kier molecular flexibility index (Phi) is 3.49. The third kappa shape index (κ3) is 3.10. The summed E-state index contributed by atoms with van der Waals surface area (Å²) in [5.41, 5.74) is 0. The summed E-state index contributed by atoms with van der Waals surface area (Å²) < 4.78 is 5.65. The summed E-state index contributed by atoms with van der Waals surface area (Å²) in [7, 11) is 0. The molecule has 1 aliphatic heterocycles. The second kappa shape index (κ2) is 5.05. The van der Waals surface area contributed by atoms with Crippen LogP contribution >= 0.6 is 0 Å². The highest BCUT2D eigenvalue weighted by Crippen LogP contribution is 2.21. The van der Waals surface area contributed by atoms with Crippen LogP contribution < -0.4 is 10.1 Å². The van der Waals surface area contributed by atoms with Gasteiger partial charge in [0.15, 0.2) is 0 Å². The second-order valence-corrected chi connectivity index (χ2v) is 4.11. The zero-order valence-electron chi connectivity index (χ0n) is 9.30. The molecule has 92 valence electrons. The predicted octanol–water partition coefficient (Wildman–Crippen LogP) is 0.976. The predicted molar refractivity (Wildman–Crippen MR) is 61.2 cm³/mol. The first-order valence-corrected chi connectivity index (χ1v) is 5.57. The third-order valence-corrected chi connectivity index (χ3v) is 2.79. The minimum absolute atomic E-state index is 0.0487. The topological polar surface area (TPSA) is 78.8 Å². The van der Waals surface area contributed by atoms with Gasteiger partial charge in [0.2, 0.25) is 0 Å². The molecule has 0 bridgehead atoms. The largest absolute Gasteiger partial charge is 0.508 e. The van der Waals surface area contributed by atoms with E-state index in [2.05, 4.69) is 5.32 Å². The highest BCUT2D eigenvalue weighted by Gasteiger charge is 2.26. The molecule has 0 saturated carbocycles. The van der Waals surface area contributed by atoms with Crippen molar-refractivity contribution in [3.8, 4) is 11.5 Å². The van der Waals surface area contributed by atoms with E-state index in [4.69, 9.17) is 9.84 Å². The van der Waals surface area contributed by atoms with E-state index < -0.39 is 12.0 Å². The summed E-state index contributed by atoms with van der Waals surface area (Å²) in [5, 5.41) is 21.0. The average Bonchev–Trinajstić information content (AvgIpc) is 2.29. The Balaban J connectivity index is 1.88. The van der Waals surface area contributed by atoms with E-state index in [-0.39, 0.29) is 11.9 Å². The maximum atomic E-state index is 10.7. The standard InChI is InChI=1S/C12H15NO4/c14-8-2-1-3-9(6-8)17-10-4-5-11(12(15)16)13-7-10/h1-3,6,10-11,13-14H,4-5,7H2,(H,15,16). The molecule has 5 nitrogen and oxygen atoms in total. The molecule has 0 radical (unpaired) electrons. The maximum Gasteiger partial charge on any atom is 0.320 e. The number of hydrogen-bond donors (Lipinski definition) is 3. The van der Waals surface area contributed by atoms with Gasteiger partial charge >= 0.3 is 5.97 Å². The number of rotatable bonds is 3. The van der Waals surface area contributed by atoms with Gasteiger partial charge in [-0.25, -0.2) is 0 Å². The molecule has 2 atom stereocenters. The molecule has 2 unspecified atom stereocenters. The lowest BCUT2D eigenvalue weighted by molar-refractivity contribution is -0.140. The number of hydrogen-bond acceptors (Lipinski definition) is 4. The average molecular weight is 237 g/mol. The molecule has 1 heterocycles. The van der Waals surface area contributed by atoms with Crippen LogP contribution in [0.15, 0.2) is 24.3 Å². The number of aromatic hydroxyl groups is 1. The van der Waals surface area contributed by atoms with Gasteiger partial charge in [0.1, 0.15) is 23.6 Å². The highest BCUT2D eigenvalue weighted by atomic mass is 16.5. The number of phenols is 1. The van der Waals surface area contributed by atoms with Gasteiger partial charge in [-0.05, 0) is 25.0 Å². The molecule has 1 aliphatic rings. The molecule has 2 rings (SSSR count). The summed E-state index contributed by atoms with van der Waals surface area (Å²) in [5.74, 6) is -0.0546. The van der Waals surface area contributed by atoms with Gasteiger partial charge < -0.3 is 20.3 Å². The first-order valence-electron chi connectivity index (χ1n) is 5.57. The molecular formula is C12H15NO4. The fourth-order valence-corrected chi connectivity index (χ4v) is 1.89. The number of aliphatic carboxylic acids is 1. The minimum Gasteiger partial charge on any atom is -0.508 e. The van der Waals surface area contributed by atoms with E-state index in [0.29, 0.717) is 25.1 Å². The van der Waals surface area contributed by atoms with Crippen LogP contribution in [0.2, 0.25) is 0 Å². The van der Waals surface area contributed by atoms with Gasteiger partial charge in [0, 0.05) is 12.6 Å². The second-order valence-electron chi connectivity index (χ2n) is 4.11. The van der Waals surface area contributed by atoms with Crippen molar-refractivity contribution in [1.29, 1.82) is 0 Å². The quantitative estimate of drug-likeness (QED) is 0.730. The van der Waals surface area contributed by atoms with Crippen LogP contribution in [0.25, 0.3) is 0 Å². The van der Waals surface area contributed by atoms with Gasteiger partial charge in [0.25, 0.3) is 0 Å². The number of carbonyl (C=O) groups is 1. The Morgan fingerprint density at radius 1 is 1.41 bits per heavy atom. The lowest BCUT2D eigenvalue weighted by Gasteiger charge is -2.28. The van der Waals surface area contributed by atoms with Crippen LogP contribution in [0.5, 0.6) is 11.5 Å². The van der Waals surface area contributed by atoms with Crippen LogP contribution in [0.3, 0.4) is 0 Å². The monoisotopic (exact) mass is 237 g/mol. The van der Waals surface area contributed by atoms with Gasteiger partial charge in [-0.3, -0.25) is 4.79 Å². The lowest BCUT2D eigenvalue weighted by atomic mass is 10.0. The fourth-order valence-electron chi connectivity index (χ4n) is 1.89. The van der Waals surface area contributed by atoms with Crippen molar-refractivity contribution in [3.63, 3.8) is 0 Å². The van der Waals surface area contributed by atoms with Crippen LogP contribution in [0, 0.1) is 0 Å². The number of ether oxygens (including phenoxy) is 1. The Morgan fingerprint density at radius 3 is 2.82 bits per heavy atom. The molecule has 1 saturated heterocycles. The lowest BCUT2D eigenvalue weighted by Crippen LogP contribution is -2.47. The van der Waals surface area contributed by atoms with Crippen molar-refractivity contribution in [2.45, 2.75) is 25.0 Å². The number of phenolic OH excluding ortho intramolecular Hbond substituents is 1. The molecule has 0 amide bonds. The molecule has 0 spiro atoms. The summed E-state index contributed by atoms with van der Waals surface area (Å²) in [6.45, 7) is 0.507. The number of benzene rings is 1. The zero-order valence-corrected chi connectivity index (χ0v) is 9.30. The first-order chi connectivity index (χ1) is 8.15. The van der Waals surface area contributed by atoms with Crippen molar-refractivity contribution >= 4 is 5.97 Å². The maximum absolute atomic E-state index is 10.7. The molecule has 1 fully saturated rings. The number of piperidine rings is 1. The fraction of sp³-hybridized carbons (Fsp3) is 0.417. The van der Waals surface area contributed by atoms with Crippen LogP contribution in [-0.4, -0.2) is 34.9 Å². The van der Waals surface area contributed by atoms with Crippen LogP contribution in [-0.2, 0) is 4.79 Å². The molecule has 5 heteroatoms. The summed E-state index contributed by atoms with van der Waals surface area (Å²) >= 11 is 0. The normalized spacial score (nSPS) is 24.2. The first kappa shape index (κ1) is 11.7. The summed E-state index contributed by atoms with van der Waals surface area (Å²) in [6.07, 6.45) is 1.20. The van der Waals surface area contributed by atoms with Gasteiger partial charge in [-0.2, -0.15) is 0 Å². The third-order valence-electron chi connectivity index (χ3n) is 2.79. The van der Waals surface area contributed by atoms with Crippen molar-refractivity contribution in [2.24, 2.45) is 0 Å². The van der Waals surface area contributed by atoms with Gasteiger partial charge in [0.05, 0.1) is 0 Å². The van der Waals surface area contributed by atoms with Crippen molar-refractivity contribution in [2.75, 3.05) is 6.54 Å². The number of carboxylic acid groups (broad SMARTS) is 1. The van der Waals surface area contributed by atoms with E-state index in [1.807, 2.05) is 0 Å². The highest BCUT2D eigenvalue weighted by molar-refractivity contribution is 5.73. The van der Waals surface area contributed by atoms with Gasteiger partial charge in [-0.1, -0.05) is 6.07 Å². The summed E-state index contributed by atoms with van der Waals surface area (Å²) in [6, 6.07) is 6.12. The Bertz CT molecular complexity index is 399. The van der Waals surface area contributed by atoms with Crippen LogP contribution in [0.1, 0.15) is 12.8 Å². The molecular weight excluding hydrogens is 222 g/mol. The van der Waals surface area contributed by atoms with E-state index in [9.17, 15) is 9.90 Å². The smallest absolute Gasteiger partial charge is 0.320 e. The molecule has 1 aromatic carbocycles. The minimum atomic E-state index is -0.819. The van der Waals surface area contributed by atoms with E-state index in [0.717, 1.165) is 0 Å². The number of nitrogens with one attached hydrogen (secondary N) is 1. The van der Waals surface area contributed by atoms with Crippen molar-refractivity contribution in [3.05, 3.63) is 24.3 Å². The molecule has 1 aromatic rings.